The predicted molar refractivity (Wildman–Crippen MR) is 80.6 cm³/mol. The van der Waals surface area contributed by atoms with Gasteiger partial charge in [0.1, 0.15) is 0 Å². The lowest BCUT2D eigenvalue weighted by Gasteiger charge is -2.45. The van der Waals surface area contributed by atoms with Gasteiger partial charge in [0.25, 0.3) is 0 Å². The molecular weight excluding hydrogens is 252 g/mol. The molecule has 0 aromatic carbocycles. The van der Waals surface area contributed by atoms with Gasteiger partial charge in [-0.1, -0.05) is 13.8 Å². The van der Waals surface area contributed by atoms with Crippen LogP contribution in [0.5, 0.6) is 0 Å². The summed E-state index contributed by atoms with van der Waals surface area (Å²) in [7, 11) is 0. The van der Waals surface area contributed by atoms with Crippen molar-refractivity contribution < 1.29 is 9.53 Å². The van der Waals surface area contributed by atoms with Crippen LogP contribution in [0.25, 0.3) is 0 Å². The Morgan fingerprint density at radius 3 is 2.35 bits per heavy atom. The fraction of sp³-hybridized carbons (Fsp3) is 0.938. The van der Waals surface area contributed by atoms with Gasteiger partial charge in [0, 0.05) is 25.2 Å². The Bertz CT molecular complexity index is 346. The summed E-state index contributed by atoms with van der Waals surface area (Å²) in [5.74, 6) is 1.53. The molecule has 0 radical (unpaired) electrons. The fourth-order valence-electron chi connectivity index (χ4n) is 3.46. The first-order valence-electron chi connectivity index (χ1n) is 7.92. The second-order valence-electron chi connectivity index (χ2n) is 7.56. The minimum absolute atomic E-state index is 0.0464. The quantitative estimate of drug-likeness (QED) is 0.776. The van der Waals surface area contributed by atoms with Crippen LogP contribution in [0.1, 0.15) is 41.0 Å². The van der Waals surface area contributed by atoms with Crippen molar-refractivity contribution in [3.8, 4) is 0 Å². The van der Waals surface area contributed by atoms with Gasteiger partial charge in [0.15, 0.2) is 0 Å². The highest BCUT2D eigenvalue weighted by molar-refractivity contribution is 5.78. The Balaban J connectivity index is 1.96. The van der Waals surface area contributed by atoms with Crippen molar-refractivity contribution >= 4 is 5.91 Å². The molecule has 0 N–H and O–H groups in total. The van der Waals surface area contributed by atoms with E-state index in [9.17, 15) is 4.79 Å². The molecule has 1 amide bonds. The SMILES string of the molecule is C[C@@H]1C[C@H](C)CN(C(=O)CN2C[C@@H](C)OCC2(C)C)C1. The normalized spacial score (nSPS) is 35.0. The number of nitrogens with zero attached hydrogens (tertiary/aromatic N) is 2. The molecule has 0 aromatic heterocycles. The summed E-state index contributed by atoms with van der Waals surface area (Å²) >= 11 is 0. The van der Waals surface area contributed by atoms with Crippen LogP contribution >= 0.6 is 0 Å². The molecule has 2 fully saturated rings. The Kier molecular flexibility index (Phi) is 4.75. The zero-order valence-electron chi connectivity index (χ0n) is 13.7. The molecular formula is C16H30N2O2. The molecule has 0 aromatic rings. The van der Waals surface area contributed by atoms with Crippen molar-refractivity contribution in [1.82, 2.24) is 9.80 Å². The van der Waals surface area contributed by atoms with Crippen LogP contribution in [-0.2, 0) is 9.53 Å². The van der Waals surface area contributed by atoms with Gasteiger partial charge in [-0.3, -0.25) is 9.69 Å². The summed E-state index contributed by atoms with van der Waals surface area (Å²) in [6.45, 7) is 14.8. The maximum Gasteiger partial charge on any atom is 0.236 e. The monoisotopic (exact) mass is 282 g/mol. The van der Waals surface area contributed by atoms with Crippen molar-refractivity contribution in [2.24, 2.45) is 11.8 Å². The number of hydrogen-bond donors (Lipinski definition) is 0. The minimum Gasteiger partial charge on any atom is -0.375 e. The Labute approximate surface area is 123 Å². The third-order valence-corrected chi connectivity index (χ3v) is 4.60. The second-order valence-corrected chi connectivity index (χ2v) is 7.56. The van der Waals surface area contributed by atoms with Crippen LogP contribution in [-0.4, -0.2) is 60.1 Å². The number of hydrogen-bond acceptors (Lipinski definition) is 3. The maximum atomic E-state index is 12.6. The van der Waals surface area contributed by atoms with Crippen LogP contribution in [0.3, 0.4) is 0 Å². The standard InChI is InChI=1S/C16H30N2O2/c1-12-6-13(2)8-17(7-12)15(19)10-18-9-14(3)20-11-16(18,4)5/h12-14H,6-11H2,1-5H3/t12-,13+,14-/m1/s1. The summed E-state index contributed by atoms with van der Waals surface area (Å²) in [5, 5.41) is 0. The molecule has 0 unspecified atom stereocenters. The van der Waals surface area contributed by atoms with Crippen molar-refractivity contribution in [2.45, 2.75) is 52.7 Å². The Morgan fingerprint density at radius 1 is 1.15 bits per heavy atom. The molecule has 116 valence electrons. The molecule has 2 saturated heterocycles. The second kappa shape index (κ2) is 6.02. The van der Waals surface area contributed by atoms with Crippen molar-refractivity contribution in [3.05, 3.63) is 0 Å². The molecule has 4 heteroatoms. The third-order valence-electron chi connectivity index (χ3n) is 4.60. The van der Waals surface area contributed by atoms with Crippen LogP contribution in [0.4, 0.5) is 0 Å². The molecule has 0 spiro atoms. The lowest BCUT2D eigenvalue weighted by Crippen LogP contribution is -2.58. The minimum atomic E-state index is -0.0464. The van der Waals surface area contributed by atoms with E-state index < -0.39 is 0 Å². The van der Waals surface area contributed by atoms with Crippen LogP contribution in [0.2, 0.25) is 0 Å². The van der Waals surface area contributed by atoms with Gasteiger partial charge in [-0.15, -0.1) is 0 Å². The fourth-order valence-corrected chi connectivity index (χ4v) is 3.46. The van der Waals surface area contributed by atoms with E-state index in [-0.39, 0.29) is 17.6 Å². The van der Waals surface area contributed by atoms with E-state index >= 15 is 0 Å². The van der Waals surface area contributed by atoms with E-state index in [4.69, 9.17) is 4.74 Å². The van der Waals surface area contributed by atoms with Gasteiger partial charge >= 0.3 is 0 Å². The molecule has 0 bridgehead atoms. The topological polar surface area (TPSA) is 32.8 Å². The van der Waals surface area contributed by atoms with Crippen molar-refractivity contribution in [2.75, 3.05) is 32.8 Å². The molecule has 0 saturated carbocycles. The summed E-state index contributed by atoms with van der Waals surface area (Å²) in [6, 6.07) is 0. The van der Waals surface area contributed by atoms with Crippen LogP contribution < -0.4 is 0 Å². The number of ether oxygens (including phenoxy) is 1. The lowest BCUT2D eigenvalue weighted by molar-refractivity contribution is -0.143. The highest BCUT2D eigenvalue weighted by Gasteiger charge is 2.36. The number of piperidine rings is 1. The van der Waals surface area contributed by atoms with Crippen LogP contribution in [0, 0.1) is 11.8 Å². The van der Waals surface area contributed by atoms with Crippen LogP contribution in [0.15, 0.2) is 0 Å². The van der Waals surface area contributed by atoms with Gasteiger partial charge in [-0.25, -0.2) is 0 Å². The summed E-state index contributed by atoms with van der Waals surface area (Å²) in [5.41, 5.74) is -0.0464. The van der Waals surface area contributed by atoms with Gasteiger partial charge < -0.3 is 9.64 Å². The third kappa shape index (κ3) is 3.73. The molecule has 0 aliphatic carbocycles. The first kappa shape index (κ1) is 15.8. The highest BCUT2D eigenvalue weighted by atomic mass is 16.5. The molecule has 2 rings (SSSR count). The zero-order chi connectivity index (χ0) is 14.9. The van der Waals surface area contributed by atoms with E-state index in [2.05, 4.69) is 44.4 Å². The molecule has 2 heterocycles. The van der Waals surface area contributed by atoms with E-state index in [1.807, 2.05) is 0 Å². The largest absolute Gasteiger partial charge is 0.375 e. The predicted octanol–water partition coefficient (Wildman–Crippen LogP) is 1.99. The van der Waals surface area contributed by atoms with Gasteiger partial charge in [-0.2, -0.15) is 0 Å². The van der Waals surface area contributed by atoms with E-state index in [0.29, 0.717) is 25.0 Å². The lowest BCUT2D eigenvalue weighted by atomic mass is 9.92. The number of rotatable bonds is 2. The van der Waals surface area contributed by atoms with Gasteiger partial charge in [-0.05, 0) is 39.0 Å². The molecule has 2 aliphatic heterocycles. The average molecular weight is 282 g/mol. The molecule has 4 nitrogen and oxygen atoms in total. The van der Waals surface area contributed by atoms with Crippen molar-refractivity contribution in [3.63, 3.8) is 0 Å². The zero-order valence-corrected chi connectivity index (χ0v) is 13.7. The number of morpholine rings is 1. The maximum absolute atomic E-state index is 12.6. The van der Waals surface area contributed by atoms with Crippen molar-refractivity contribution in [1.29, 1.82) is 0 Å². The average Bonchev–Trinajstić information content (AvgIpc) is 2.33. The van der Waals surface area contributed by atoms with E-state index in [1.54, 1.807) is 0 Å². The van der Waals surface area contributed by atoms with Gasteiger partial charge in [0.05, 0.1) is 19.3 Å². The molecule has 3 atom stereocenters. The summed E-state index contributed by atoms with van der Waals surface area (Å²) in [4.78, 5) is 16.9. The summed E-state index contributed by atoms with van der Waals surface area (Å²) < 4.78 is 5.72. The number of likely N-dealkylation sites (tertiary alicyclic amines) is 1. The van der Waals surface area contributed by atoms with E-state index in [0.717, 1.165) is 19.6 Å². The highest BCUT2D eigenvalue weighted by Crippen LogP contribution is 2.24. The number of amides is 1. The number of carbonyl (C=O) groups is 1. The first-order valence-corrected chi connectivity index (χ1v) is 7.92. The molecule has 2 aliphatic rings. The number of carbonyl (C=O) groups excluding carboxylic acids is 1. The molecule has 20 heavy (non-hydrogen) atoms. The Morgan fingerprint density at radius 2 is 1.75 bits per heavy atom. The first-order chi connectivity index (χ1) is 9.28. The smallest absolute Gasteiger partial charge is 0.236 e. The van der Waals surface area contributed by atoms with Gasteiger partial charge in [0.2, 0.25) is 5.91 Å². The van der Waals surface area contributed by atoms with E-state index in [1.165, 1.54) is 6.42 Å². The summed E-state index contributed by atoms with van der Waals surface area (Å²) in [6.07, 6.45) is 1.46. The Hall–Kier alpha value is -0.610.